The summed E-state index contributed by atoms with van der Waals surface area (Å²) in [6.45, 7) is -0.550. The molecule has 2 aromatic rings. The molecule has 0 bridgehead atoms. The van der Waals surface area contributed by atoms with Gasteiger partial charge >= 0.3 is 6.18 Å². The Morgan fingerprint density at radius 3 is 2.53 bits per heavy atom. The molecule has 1 N–H and O–H groups in total. The molecule has 30 heavy (non-hydrogen) atoms. The number of carbonyl (C=O) groups is 1. The minimum absolute atomic E-state index is 0.221. The quantitative estimate of drug-likeness (QED) is 0.637. The molecule has 4 nitrogen and oxygen atoms in total. The number of hydrogen-bond acceptors (Lipinski definition) is 3. The van der Waals surface area contributed by atoms with Gasteiger partial charge in [0.05, 0.1) is 5.56 Å². The molecule has 0 aliphatic heterocycles. The van der Waals surface area contributed by atoms with Crippen LogP contribution in [0.5, 0.6) is 5.75 Å². The average Bonchev–Trinajstić information content (AvgIpc) is 2.73. The number of halogens is 3. The summed E-state index contributed by atoms with van der Waals surface area (Å²) in [5.74, 6) is -0.543. The molecular weight excluding hydrogens is 415 g/mol. The Bertz CT molecular complexity index is 895. The van der Waals surface area contributed by atoms with Crippen LogP contribution in [0.2, 0.25) is 0 Å². The molecule has 0 saturated heterocycles. The van der Waals surface area contributed by atoms with Gasteiger partial charge < -0.3 is 10.1 Å². The molecule has 1 amide bonds. The molecule has 0 radical (unpaired) electrons. The van der Waals surface area contributed by atoms with Gasteiger partial charge in [-0.2, -0.15) is 13.2 Å². The molecule has 1 aliphatic carbocycles. The van der Waals surface area contributed by atoms with Gasteiger partial charge in [-0.05, 0) is 42.7 Å². The highest BCUT2D eigenvalue weighted by atomic mass is 32.2. The maximum atomic E-state index is 13.0. The summed E-state index contributed by atoms with van der Waals surface area (Å²) in [4.78, 5) is 12.2. The van der Waals surface area contributed by atoms with Crippen molar-refractivity contribution in [2.45, 2.75) is 49.3 Å². The molecule has 1 unspecified atom stereocenters. The van der Waals surface area contributed by atoms with E-state index < -0.39 is 40.8 Å². The third-order valence-corrected chi connectivity index (χ3v) is 6.83. The van der Waals surface area contributed by atoms with E-state index in [2.05, 4.69) is 5.32 Å². The first-order valence-corrected chi connectivity index (χ1v) is 11.3. The van der Waals surface area contributed by atoms with Crippen LogP contribution in [0.25, 0.3) is 0 Å². The SMILES string of the molecule is O=C(COc1ccccc1C(F)(F)F)Nc1cccc(CS(=O)C2CCCCC2)c1. The highest BCUT2D eigenvalue weighted by molar-refractivity contribution is 7.84. The number of amides is 1. The second-order valence-electron chi connectivity index (χ2n) is 7.32. The summed E-state index contributed by atoms with van der Waals surface area (Å²) in [6.07, 6.45) is 0.841. The number of anilines is 1. The zero-order chi connectivity index (χ0) is 21.6. The molecule has 1 atom stereocenters. The van der Waals surface area contributed by atoms with Gasteiger partial charge in [0.2, 0.25) is 0 Å². The maximum absolute atomic E-state index is 13.0. The number of ether oxygens (including phenoxy) is 1. The van der Waals surface area contributed by atoms with Crippen molar-refractivity contribution in [2.75, 3.05) is 11.9 Å². The van der Waals surface area contributed by atoms with Gasteiger partial charge in [0.15, 0.2) is 6.61 Å². The van der Waals surface area contributed by atoms with E-state index in [0.717, 1.165) is 37.3 Å². The highest BCUT2D eigenvalue weighted by Crippen LogP contribution is 2.35. The fourth-order valence-electron chi connectivity index (χ4n) is 3.52. The maximum Gasteiger partial charge on any atom is 0.419 e. The Labute approximate surface area is 176 Å². The van der Waals surface area contributed by atoms with E-state index in [1.165, 1.54) is 24.6 Å². The molecule has 0 spiro atoms. The van der Waals surface area contributed by atoms with Crippen LogP contribution in [0, 0.1) is 0 Å². The lowest BCUT2D eigenvalue weighted by molar-refractivity contribution is -0.139. The zero-order valence-corrected chi connectivity index (χ0v) is 17.2. The van der Waals surface area contributed by atoms with Crippen LogP contribution in [0.1, 0.15) is 43.2 Å². The number of rotatable bonds is 7. The lowest BCUT2D eigenvalue weighted by atomic mass is 10.0. The van der Waals surface area contributed by atoms with E-state index in [-0.39, 0.29) is 5.25 Å². The first-order valence-electron chi connectivity index (χ1n) is 9.88. The second-order valence-corrected chi connectivity index (χ2v) is 9.03. The van der Waals surface area contributed by atoms with Gasteiger partial charge in [-0.3, -0.25) is 9.00 Å². The van der Waals surface area contributed by atoms with Crippen molar-refractivity contribution in [1.82, 2.24) is 0 Å². The standard InChI is InChI=1S/C22H24F3NO3S/c23-22(24,25)19-11-4-5-12-20(19)29-14-21(27)26-17-8-6-7-16(13-17)15-30(28)18-9-2-1-3-10-18/h4-8,11-13,18H,1-3,9-10,14-15H2,(H,26,27). The molecule has 162 valence electrons. The number of benzene rings is 2. The second kappa shape index (κ2) is 10.1. The van der Waals surface area contributed by atoms with E-state index >= 15 is 0 Å². The summed E-state index contributed by atoms with van der Waals surface area (Å²) in [5, 5.41) is 2.84. The molecule has 0 aromatic heterocycles. The summed E-state index contributed by atoms with van der Waals surface area (Å²) >= 11 is 0. The zero-order valence-electron chi connectivity index (χ0n) is 16.4. The van der Waals surface area contributed by atoms with Crippen molar-refractivity contribution in [3.05, 3.63) is 59.7 Å². The summed E-state index contributed by atoms with van der Waals surface area (Å²) < 4.78 is 56.7. The Balaban J connectivity index is 1.56. The third-order valence-electron chi connectivity index (χ3n) is 4.99. The van der Waals surface area contributed by atoms with E-state index in [1.54, 1.807) is 18.2 Å². The van der Waals surface area contributed by atoms with Crippen molar-refractivity contribution < 1.29 is 26.9 Å². The number of para-hydroxylation sites is 1. The van der Waals surface area contributed by atoms with Gasteiger partial charge in [0, 0.05) is 27.5 Å². The highest BCUT2D eigenvalue weighted by Gasteiger charge is 2.34. The molecule has 1 fully saturated rings. The fraction of sp³-hybridized carbons (Fsp3) is 0.409. The molecule has 8 heteroatoms. The monoisotopic (exact) mass is 439 g/mol. The van der Waals surface area contributed by atoms with E-state index in [1.807, 2.05) is 6.07 Å². The van der Waals surface area contributed by atoms with Crippen LogP contribution in [0.15, 0.2) is 48.5 Å². The minimum Gasteiger partial charge on any atom is -0.483 e. The summed E-state index contributed by atoms with van der Waals surface area (Å²) in [7, 11) is -0.962. The molecule has 2 aromatic carbocycles. The Hall–Kier alpha value is -2.35. The molecule has 1 saturated carbocycles. The van der Waals surface area contributed by atoms with Crippen molar-refractivity contribution in [1.29, 1.82) is 0 Å². The van der Waals surface area contributed by atoms with Gasteiger partial charge in [-0.1, -0.05) is 43.5 Å². The predicted octanol–water partition coefficient (Wildman–Crippen LogP) is 5.30. The van der Waals surface area contributed by atoms with Crippen LogP contribution in [-0.4, -0.2) is 22.0 Å². The van der Waals surface area contributed by atoms with Gasteiger partial charge in [0.1, 0.15) is 5.75 Å². The van der Waals surface area contributed by atoms with E-state index in [4.69, 9.17) is 4.74 Å². The Kier molecular flexibility index (Phi) is 7.53. The average molecular weight is 439 g/mol. The molecular formula is C22H24F3NO3S. The summed E-state index contributed by atoms with van der Waals surface area (Å²) in [6, 6.07) is 11.8. The molecule has 3 rings (SSSR count). The van der Waals surface area contributed by atoms with Crippen LogP contribution in [0.3, 0.4) is 0 Å². The Morgan fingerprint density at radius 2 is 1.80 bits per heavy atom. The normalized spacial score (nSPS) is 16.1. The topological polar surface area (TPSA) is 55.4 Å². The van der Waals surface area contributed by atoms with E-state index in [0.29, 0.717) is 11.4 Å². The lowest BCUT2D eigenvalue weighted by Gasteiger charge is -2.21. The number of alkyl halides is 3. The first kappa shape index (κ1) is 22.3. The number of carbonyl (C=O) groups excluding carboxylic acids is 1. The predicted molar refractivity (Wildman–Crippen MR) is 111 cm³/mol. The van der Waals surface area contributed by atoms with Crippen LogP contribution in [0.4, 0.5) is 18.9 Å². The smallest absolute Gasteiger partial charge is 0.419 e. The minimum atomic E-state index is -4.56. The number of nitrogens with one attached hydrogen (secondary N) is 1. The van der Waals surface area contributed by atoms with Crippen molar-refractivity contribution in [2.24, 2.45) is 0 Å². The van der Waals surface area contributed by atoms with E-state index in [9.17, 15) is 22.2 Å². The van der Waals surface area contributed by atoms with Gasteiger partial charge in [-0.25, -0.2) is 0 Å². The summed E-state index contributed by atoms with van der Waals surface area (Å²) in [5.41, 5.74) is 0.413. The van der Waals surface area contributed by atoms with Gasteiger partial charge in [0.25, 0.3) is 5.91 Å². The Morgan fingerprint density at radius 1 is 1.07 bits per heavy atom. The largest absolute Gasteiger partial charge is 0.483 e. The van der Waals surface area contributed by atoms with Gasteiger partial charge in [-0.15, -0.1) is 0 Å². The molecule has 1 aliphatic rings. The fourth-order valence-corrected chi connectivity index (χ4v) is 5.12. The van der Waals surface area contributed by atoms with Crippen LogP contribution in [-0.2, 0) is 27.5 Å². The van der Waals surface area contributed by atoms with Crippen LogP contribution >= 0.6 is 0 Å². The number of hydrogen-bond donors (Lipinski definition) is 1. The van der Waals surface area contributed by atoms with Crippen LogP contribution < -0.4 is 10.1 Å². The molecule has 0 heterocycles. The van der Waals surface area contributed by atoms with Crippen molar-refractivity contribution in [3.8, 4) is 5.75 Å². The van der Waals surface area contributed by atoms with Crippen molar-refractivity contribution in [3.63, 3.8) is 0 Å². The first-order chi connectivity index (χ1) is 14.3. The van der Waals surface area contributed by atoms with Crippen molar-refractivity contribution >= 4 is 22.4 Å². The lowest BCUT2D eigenvalue weighted by Crippen LogP contribution is -2.21. The third kappa shape index (κ3) is 6.32.